The van der Waals surface area contributed by atoms with Crippen molar-refractivity contribution in [3.63, 3.8) is 0 Å². The van der Waals surface area contributed by atoms with Crippen LogP contribution in [0.1, 0.15) is 6.92 Å². The van der Waals surface area contributed by atoms with E-state index in [2.05, 4.69) is 17.2 Å². The Morgan fingerprint density at radius 1 is 1.07 bits per heavy atom. The van der Waals surface area contributed by atoms with Gasteiger partial charge in [0.25, 0.3) is 5.79 Å². The number of hydrogen-bond acceptors (Lipinski definition) is 5. The molecule has 0 bridgehead atoms. The van der Waals surface area contributed by atoms with E-state index in [1.165, 1.54) is 0 Å². The monoisotopic (exact) mass is 288 g/mol. The molecule has 0 saturated carbocycles. The Morgan fingerprint density at radius 3 is 1.50 bits per heavy atom. The third-order valence-electron chi connectivity index (χ3n) is 1.39. The first-order valence-corrected chi connectivity index (χ1v) is 4.10. The molecule has 0 aliphatic heterocycles. The van der Waals surface area contributed by atoms with E-state index in [0.717, 1.165) is 6.92 Å². The zero-order chi connectivity index (χ0) is 11.4. The summed E-state index contributed by atoms with van der Waals surface area (Å²) in [7, 11) is 0. The Balaban J connectivity index is 5.25. The van der Waals surface area contributed by atoms with Gasteiger partial charge in [0.2, 0.25) is 0 Å². The molecule has 0 heterocycles. The van der Waals surface area contributed by atoms with E-state index in [-0.39, 0.29) is 0 Å². The van der Waals surface area contributed by atoms with Crippen molar-refractivity contribution in [1.82, 2.24) is 0 Å². The summed E-state index contributed by atoms with van der Waals surface area (Å²) in [5, 5.41) is 8.73. The van der Waals surface area contributed by atoms with Crippen LogP contribution in [0, 0.1) is 0 Å². The van der Waals surface area contributed by atoms with Gasteiger partial charge in [0.15, 0.2) is 0 Å². The molecule has 0 amide bonds. The Bertz CT molecular complexity index is 202. The first kappa shape index (κ1) is 14.5. The second kappa shape index (κ2) is 5.53. The van der Waals surface area contributed by atoms with Gasteiger partial charge in [-0.05, 0) is 6.92 Å². The van der Waals surface area contributed by atoms with Gasteiger partial charge in [-0.2, -0.15) is 0 Å². The van der Waals surface area contributed by atoms with Crippen molar-refractivity contribution in [2.24, 2.45) is 0 Å². The second-order valence-corrected chi connectivity index (χ2v) is 2.79. The van der Waals surface area contributed by atoms with Gasteiger partial charge < -0.3 is 5.11 Å². The molecule has 0 radical (unpaired) electrons. The van der Waals surface area contributed by atoms with Crippen LogP contribution in [0.25, 0.3) is 0 Å². The highest BCUT2D eigenvalue weighted by molar-refractivity contribution is 6.13. The zero-order valence-corrected chi connectivity index (χ0v) is 9.52. The Labute approximate surface area is 99.1 Å². The van der Waals surface area contributed by atoms with Crippen molar-refractivity contribution in [3.05, 3.63) is 0 Å². The van der Waals surface area contributed by atoms with Crippen LogP contribution in [-0.2, 0) is 22.0 Å². The molecule has 1 N–H and O–H groups in total. The van der Waals surface area contributed by atoms with Crippen LogP contribution in [0.2, 0.25) is 0 Å². The fraction of sp³-hybridized carbons (Fsp3) is 0.750. The molecule has 0 aliphatic rings. The molecule has 0 aromatic heterocycles. The van der Waals surface area contributed by atoms with Crippen molar-refractivity contribution in [2.75, 3.05) is 0 Å². The van der Waals surface area contributed by atoms with E-state index in [0.29, 0.717) is 0 Å². The van der Waals surface area contributed by atoms with Gasteiger partial charge in [0.05, 0.1) is 47.5 Å². The van der Waals surface area contributed by atoms with Crippen molar-refractivity contribution in [1.29, 1.82) is 0 Å². The summed E-state index contributed by atoms with van der Waals surface area (Å²) in [6.07, 6.45) is 0. The predicted molar refractivity (Wildman–Crippen MR) is 46.5 cm³/mol. The molecule has 84 valence electrons. The first-order chi connectivity index (χ1) is 6.44. The average Bonchev–Trinajstić information content (AvgIpc) is 2.19. The lowest BCUT2D eigenvalue weighted by molar-refractivity contribution is -0.287. The third kappa shape index (κ3) is 2.17. The molecule has 0 aliphatic carbocycles. The van der Waals surface area contributed by atoms with Crippen molar-refractivity contribution in [2.45, 2.75) is 18.5 Å². The lowest BCUT2D eigenvalue weighted by Gasteiger charge is -2.34. The SMILES string of the molecule is CC(OCl)(OCl)C(OCl)(OCl)C(=O)O. The predicted octanol–water partition coefficient (Wildman–Crippen LogP) is 2.17. The summed E-state index contributed by atoms with van der Waals surface area (Å²) in [5.41, 5.74) is 0. The summed E-state index contributed by atoms with van der Waals surface area (Å²) in [6, 6.07) is 0. The van der Waals surface area contributed by atoms with E-state index in [4.69, 9.17) is 52.6 Å². The number of carbonyl (C=O) groups is 1. The maximum Gasteiger partial charge on any atom is 0.373 e. The lowest BCUT2D eigenvalue weighted by Crippen LogP contribution is -2.59. The number of rotatable bonds is 6. The Kier molecular flexibility index (Phi) is 5.71. The van der Waals surface area contributed by atoms with Crippen molar-refractivity contribution >= 4 is 53.4 Å². The molecule has 14 heavy (non-hydrogen) atoms. The molecule has 0 aromatic rings. The molecule has 0 saturated heterocycles. The van der Waals surface area contributed by atoms with E-state index in [9.17, 15) is 4.79 Å². The van der Waals surface area contributed by atoms with Crippen LogP contribution in [0.4, 0.5) is 0 Å². The smallest absolute Gasteiger partial charge is 0.373 e. The van der Waals surface area contributed by atoms with Crippen LogP contribution in [0.3, 0.4) is 0 Å². The molecule has 0 spiro atoms. The molecule has 6 nitrogen and oxygen atoms in total. The molecular weight excluding hydrogens is 286 g/mol. The molecule has 0 atom stereocenters. The minimum atomic E-state index is -2.72. The maximum atomic E-state index is 10.8. The zero-order valence-electron chi connectivity index (χ0n) is 6.50. The fourth-order valence-electron chi connectivity index (χ4n) is 0.526. The molecule has 0 aromatic carbocycles. The number of halogens is 4. The summed E-state index contributed by atoms with van der Waals surface area (Å²) in [6.45, 7) is 0.978. The minimum absolute atomic E-state index is 0.978. The van der Waals surface area contributed by atoms with E-state index >= 15 is 0 Å². The summed E-state index contributed by atoms with van der Waals surface area (Å²) in [5.74, 6) is -6.74. The second-order valence-electron chi connectivity index (χ2n) is 2.18. The quantitative estimate of drug-likeness (QED) is 0.755. The third-order valence-corrected chi connectivity index (χ3v) is 2.41. The number of hydrogen-bond donors (Lipinski definition) is 1. The van der Waals surface area contributed by atoms with Gasteiger partial charge in [0.1, 0.15) is 0 Å². The highest BCUT2D eigenvalue weighted by atomic mass is 35.5. The topological polar surface area (TPSA) is 74.2 Å². The first-order valence-electron chi connectivity index (χ1n) is 2.86. The van der Waals surface area contributed by atoms with Gasteiger partial charge in [-0.1, -0.05) is 0 Å². The van der Waals surface area contributed by atoms with Gasteiger partial charge in [-0.25, -0.2) is 22.0 Å². The van der Waals surface area contributed by atoms with Crippen LogP contribution < -0.4 is 0 Å². The highest BCUT2D eigenvalue weighted by Crippen LogP contribution is 2.37. The summed E-state index contributed by atoms with van der Waals surface area (Å²) in [4.78, 5) is 10.8. The largest absolute Gasteiger partial charge is 0.477 e. The van der Waals surface area contributed by atoms with Crippen LogP contribution in [0.5, 0.6) is 0 Å². The molecule has 10 heteroatoms. The van der Waals surface area contributed by atoms with Gasteiger partial charge in [-0.3, -0.25) is 0 Å². The standard InChI is InChI=1S/C4H4Cl4O6/c1-3(11-5,12-6)4(13-7,14-8)2(9)10/h1H3,(H,9,10). The van der Waals surface area contributed by atoms with Crippen LogP contribution in [0.15, 0.2) is 0 Å². The Morgan fingerprint density at radius 2 is 1.43 bits per heavy atom. The van der Waals surface area contributed by atoms with Crippen LogP contribution in [-0.4, -0.2) is 22.7 Å². The number of aliphatic carboxylic acids is 1. The normalized spacial score (nSPS) is 12.9. The lowest BCUT2D eigenvalue weighted by atomic mass is 10.1. The van der Waals surface area contributed by atoms with E-state index in [1.807, 2.05) is 0 Å². The van der Waals surface area contributed by atoms with Gasteiger partial charge in [-0.15, -0.1) is 0 Å². The molecule has 0 fully saturated rings. The van der Waals surface area contributed by atoms with E-state index < -0.39 is 17.5 Å². The number of carboxylic acids is 1. The minimum Gasteiger partial charge on any atom is -0.477 e. The average molecular weight is 290 g/mol. The van der Waals surface area contributed by atoms with E-state index in [1.54, 1.807) is 0 Å². The molecule has 0 unspecified atom stereocenters. The summed E-state index contributed by atoms with van der Waals surface area (Å²) >= 11 is 19.7. The van der Waals surface area contributed by atoms with Gasteiger partial charge in [0, 0.05) is 0 Å². The number of carboxylic acid groups (broad SMARTS) is 1. The van der Waals surface area contributed by atoms with Crippen molar-refractivity contribution < 1.29 is 27.1 Å². The van der Waals surface area contributed by atoms with Crippen LogP contribution >= 0.6 is 47.5 Å². The van der Waals surface area contributed by atoms with Gasteiger partial charge >= 0.3 is 11.8 Å². The molecular formula is C4H4Cl4O6. The molecule has 0 rings (SSSR count). The highest BCUT2D eigenvalue weighted by Gasteiger charge is 2.62. The summed E-state index contributed by atoms with van der Waals surface area (Å²) < 4.78 is 16.2. The Hall–Kier alpha value is 0.470. The fourth-order valence-corrected chi connectivity index (χ4v) is 1.33. The maximum absolute atomic E-state index is 10.8. The van der Waals surface area contributed by atoms with Crippen molar-refractivity contribution in [3.8, 4) is 0 Å².